The van der Waals surface area contributed by atoms with E-state index in [1.807, 2.05) is 30.1 Å². The number of amides is 1. The Kier molecular flexibility index (Phi) is 8.19. The van der Waals surface area contributed by atoms with Gasteiger partial charge in [-0.25, -0.2) is 0 Å². The van der Waals surface area contributed by atoms with Crippen molar-refractivity contribution in [2.45, 2.75) is 64.3 Å². The standard InChI is InChI=1S/C20H30N2O2S/c1-3-4-10-15-24-18-14-9-8-13-17(18)19(23)21-20(25)22(2)16-11-6-5-7-12-16/h8-9,13-14,16H,3-7,10-12,15H2,1-2H3,(H,21,23,25). The highest BCUT2D eigenvalue weighted by Gasteiger charge is 2.22. The van der Waals surface area contributed by atoms with Gasteiger partial charge in [0.05, 0.1) is 12.2 Å². The summed E-state index contributed by atoms with van der Waals surface area (Å²) < 4.78 is 5.80. The van der Waals surface area contributed by atoms with Crippen molar-refractivity contribution < 1.29 is 9.53 Å². The summed E-state index contributed by atoms with van der Waals surface area (Å²) in [6.07, 6.45) is 9.33. The molecule has 1 aliphatic rings. The van der Waals surface area contributed by atoms with Gasteiger partial charge in [-0.15, -0.1) is 0 Å². The largest absolute Gasteiger partial charge is 0.493 e. The highest BCUT2D eigenvalue weighted by atomic mass is 32.1. The summed E-state index contributed by atoms with van der Waals surface area (Å²) in [5.74, 6) is 0.429. The third-order valence-electron chi connectivity index (χ3n) is 4.80. The molecule has 138 valence electrons. The summed E-state index contributed by atoms with van der Waals surface area (Å²) in [5, 5.41) is 3.37. The average molecular weight is 363 g/mol. The smallest absolute Gasteiger partial charge is 0.261 e. The van der Waals surface area contributed by atoms with E-state index in [-0.39, 0.29) is 5.91 Å². The number of carbonyl (C=O) groups is 1. The Morgan fingerprint density at radius 2 is 1.96 bits per heavy atom. The van der Waals surface area contributed by atoms with Crippen LogP contribution in [0.5, 0.6) is 5.75 Å². The van der Waals surface area contributed by atoms with Crippen molar-refractivity contribution in [3.63, 3.8) is 0 Å². The second kappa shape index (κ2) is 10.4. The molecule has 4 nitrogen and oxygen atoms in total. The second-order valence-electron chi connectivity index (χ2n) is 6.71. The van der Waals surface area contributed by atoms with Crippen molar-refractivity contribution in [2.24, 2.45) is 0 Å². The van der Waals surface area contributed by atoms with Crippen molar-refractivity contribution in [3.05, 3.63) is 29.8 Å². The predicted molar refractivity (Wildman–Crippen MR) is 106 cm³/mol. The summed E-state index contributed by atoms with van der Waals surface area (Å²) >= 11 is 5.45. The lowest BCUT2D eigenvalue weighted by Gasteiger charge is -2.32. The first kappa shape index (κ1) is 19.7. The molecule has 25 heavy (non-hydrogen) atoms. The van der Waals surface area contributed by atoms with Crippen LogP contribution in [0.4, 0.5) is 0 Å². The molecule has 0 atom stereocenters. The van der Waals surface area contributed by atoms with Crippen LogP contribution in [-0.4, -0.2) is 35.6 Å². The maximum absolute atomic E-state index is 12.6. The van der Waals surface area contributed by atoms with E-state index in [0.717, 1.165) is 32.1 Å². The zero-order valence-corrected chi connectivity index (χ0v) is 16.2. The first-order chi connectivity index (χ1) is 12.1. The molecule has 0 heterocycles. The lowest BCUT2D eigenvalue weighted by molar-refractivity contribution is 0.0967. The van der Waals surface area contributed by atoms with Gasteiger partial charge in [-0.3, -0.25) is 10.1 Å². The van der Waals surface area contributed by atoms with E-state index in [1.165, 1.54) is 19.3 Å². The van der Waals surface area contributed by atoms with E-state index in [0.29, 0.717) is 29.1 Å². The molecule has 0 spiro atoms. The maximum atomic E-state index is 12.6. The van der Waals surface area contributed by atoms with Gasteiger partial charge >= 0.3 is 0 Å². The quantitative estimate of drug-likeness (QED) is 0.571. The fraction of sp³-hybridized carbons (Fsp3) is 0.600. The minimum Gasteiger partial charge on any atom is -0.493 e. The molecule has 0 aliphatic heterocycles. The van der Waals surface area contributed by atoms with Crippen molar-refractivity contribution in [1.29, 1.82) is 0 Å². The molecule has 1 N–H and O–H groups in total. The molecule has 0 bridgehead atoms. The van der Waals surface area contributed by atoms with Crippen LogP contribution in [0.3, 0.4) is 0 Å². The van der Waals surface area contributed by atoms with Crippen molar-refractivity contribution in [2.75, 3.05) is 13.7 Å². The number of carbonyl (C=O) groups excluding carboxylic acids is 1. The summed E-state index contributed by atoms with van der Waals surface area (Å²) in [4.78, 5) is 14.7. The van der Waals surface area contributed by atoms with E-state index in [1.54, 1.807) is 6.07 Å². The van der Waals surface area contributed by atoms with E-state index < -0.39 is 0 Å². The number of para-hydroxylation sites is 1. The number of nitrogens with one attached hydrogen (secondary N) is 1. The van der Waals surface area contributed by atoms with Gasteiger partial charge in [-0.05, 0) is 43.6 Å². The topological polar surface area (TPSA) is 41.6 Å². The molecule has 2 rings (SSSR count). The Morgan fingerprint density at radius 1 is 1.24 bits per heavy atom. The zero-order valence-electron chi connectivity index (χ0n) is 15.4. The minimum atomic E-state index is -0.196. The first-order valence-corrected chi connectivity index (χ1v) is 9.84. The second-order valence-corrected chi connectivity index (χ2v) is 7.10. The lowest BCUT2D eigenvalue weighted by Crippen LogP contribution is -2.46. The molecule has 1 aromatic carbocycles. The van der Waals surface area contributed by atoms with Crippen LogP contribution in [-0.2, 0) is 0 Å². The Morgan fingerprint density at radius 3 is 2.68 bits per heavy atom. The molecular weight excluding hydrogens is 332 g/mol. The van der Waals surface area contributed by atoms with Crippen LogP contribution in [0.25, 0.3) is 0 Å². The third-order valence-corrected chi connectivity index (χ3v) is 5.19. The van der Waals surface area contributed by atoms with Gasteiger partial charge in [0.1, 0.15) is 5.75 Å². The molecule has 1 fully saturated rings. The van der Waals surface area contributed by atoms with Gasteiger partial charge < -0.3 is 9.64 Å². The molecule has 0 unspecified atom stereocenters. The van der Waals surface area contributed by atoms with E-state index in [9.17, 15) is 4.79 Å². The Bertz CT molecular complexity index is 571. The van der Waals surface area contributed by atoms with Gasteiger partial charge in [-0.2, -0.15) is 0 Å². The number of rotatable bonds is 7. The molecule has 1 aromatic rings. The fourth-order valence-corrected chi connectivity index (χ4v) is 3.44. The summed E-state index contributed by atoms with van der Waals surface area (Å²) in [7, 11) is 1.98. The monoisotopic (exact) mass is 362 g/mol. The third kappa shape index (κ3) is 5.99. The average Bonchev–Trinajstić information content (AvgIpc) is 2.65. The van der Waals surface area contributed by atoms with E-state index in [4.69, 9.17) is 17.0 Å². The number of benzene rings is 1. The van der Waals surface area contributed by atoms with E-state index in [2.05, 4.69) is 12.2 Å². The molecule has 0 saturated heterocycles. The van der Waals surface area contributed by atoms with E-state index >= 15 is 0 Å². The highest BCUT2D eigenvalue weighted by molar-refractivity contribution is 7.80. The normalized spacial score (nSPS) is 14.8. The van der Waals surface area contributed by atoms with Crippen molar-refractivity contribution in [1.82, 2.24) is 10.2 Å². The number of hydrogen-bond acceptors (Lipinski definition) is 3. The number of nitrogens with zero attached hydrogens (tertiary/aromatic N) is 1. The number of thiocarbonyl (C=S) groups is 1. The van der Waals surface area contributed by atoms with Gasteiger partial charge in [-0.1, -0.05) is 51.2 Å². The molecule has 1 saturated carbocycles. The fourth-order valence-electron chi connectivity index (χ4n) is 3.20. The first-order valence-electron chi connectivity index (χ1n) is 9.43. The number of hydrogen-bond donors (Lipinski definition) is 1. The van der Waals surface area contributed by atoms with Crippen LogP contribution in [0.1, 0.15) is 68.6 Å². The van der Waals surface area contributed by atoms with Crippen LogP contribution in [0.2, 0.25) is 0 Å². The Hall–Kier alpha value is -1.62. The number of ether oxygens (including phenoxy) is 1. The Labute approximate surface area is 156 Å². The molecule has 5 heteroatoms. The zero-order chi connectivity index (χ0) is 18.1. The molecule has 0 radical (unpaired) electrons. The molecule has 1 amide bonds. The maximum Gasteiger partial charge on any atom is 0.261 e. The summed E-state index contributed by atoms with van der Waals surface area (Å²) in [6.45, 7) is 2.79. The lowest BCUT2D eigenvalue weighted by atomic mass is 9.95. The summed E-state index contributed by atoms with van der Waals surface area (Å²) in [5.41, 5.74) is 0.540. The van der Waals surface area contributed by atoms with Crippen LogP contribution in [0, 0.1) is 0 Å². The predicted octanol–water partition coefficient (Wildman–Crippen LogP) is 4.53. The summed E-state index contributed by atoms with van der Waals surface area (Å²) in [6, 6.07) is 7.80. The number of unbranched alkanes of at least 4 members (excludes halogenated alkanes) is 2. The SMILES string of the molecule is CCCCCOc1ccccc1C(=O)NC(=S)N(C)C1CCCCC1. The highest BCUT2D eigenvalue weighted by Crippen LogP contribution is 2.22. The molecule has 0 aromatic heterocycles. The van der Waals surface area contributed by atoms with Gasteiger partial charge in [0.25, 0.3) is 5.91 Å². The van der Waals surface area contributed by atoms with Crippen LogP contribution < -0.4 is 10.1 Å². The van der Waals surface area contributed by atoms with Gasteiger partial charge in [0.2, 0.25) is 0 Å². The molecular formula is C20H30N2O2S. The minimum absolute atomic E-state index is 0.196. The van der Waals surface area contributed by atoms with Crippen molar-refractivity contribution in [3.8, 4) is 5.75 Å². The van der Waals surface area contributed by atoms with Gasteiger partial charge in [0.15, 0.2) is 5.11 Å². The Balaban J connectivity index is 1.94. The molecule has 1 aliphatic carbocycles. The van der Waals surface area contributed by atoms with Gasteiger partial charge in [0, 0.05) is 13.1 Å². The van der Waals surface area contributed by atoms with Crippen molar-refractivity contribution >= 4 is 23.2 Å². The van der Waals surface area contributed by atoms with Crippen LogP contribution in [0.15, 0.2) is 24.3 Å². The van der Waals surface area contributed by atoms with Crippen LogP contribution >= 0.6 is 12.2 Å².